The van der Waals surface area contributed by atoms with Crippen LogP contribution in [0.5, 0.6) is 5.75 Å². The van der Waals surface area contributed by atoms with Crippen molar-refractivity contribution < 1.29 is 28.2 Å². The third-order valence-electron chi connectivity index (χ3n) is 3.89. The molecular weight excluding hydrogens is 378 g/mol. The summed E-state index contributed by atoms with van der Waals surface area (Å²) >= 11 is 0. The summed E-state index contributed by atoms with van der Waals surface area (Å²) in [7, 11) is 0. The van der Waals surface area contributed by atoms with Crippen molar-refractivity contribution in [3.63, 3.8) is 0 Å². The first-order valence-electron chi connectivity index (χ1n) is 9.08. The van der Waals surface area contributed by atoms with Gasteiger partial charge in [-0.2, -0.15) is 0 Å². The van der Waals surface area contributed by atoms with Gasteiger partial charge in [0.05, 0.1) is 0 Å². The van der Waals surface area contributed by atoms with Crippen molar-refractivity contribution in [3.8, 4) is 17.6 Å². The van der Waals surface area contributed by atoms with Gasteiger partial charge in [-0.1, -0.05) is 24.0 Å². The SMILES string of the molecule is CCO[C@@H](Cc1ccc(OCC=C(C)C#Cc2cc(F)cc(F)c2)cc1)C(=O)O. The number of aliphatic carboxylic acids is 1. The van der Waals surface area contributed by atoms with E-state index in [4.69, 9.17) is 14.6 Å². The average Bonchev–Trinajstić information content (AvgIpc) is 2.66. The molecule has 0 heterocycles. The predicted octanol–water partition coefficient (Wildman–Crippen LogP) is 4.37. The minimum absolute atomic E-state index is 0.262. The van der Waals surface area contributed by atoms with Gasteiger partial charge < -0.3 is 14.6 Å². The lowest BCUT2D eigenvalue weighted by Gasteiger charge is -2.12. The summed E-state index contributed by atoms with van der Waals surface area (Å²) in [5.74, 6) is 3.83. The van der Waals surface area contributed by atoms with E-state index in [1.807, 2.05) is 0 Å². The Morgan fingerprint density at radius 2 is 1.83 bits per heavy atom. The number of halogens is 2. The zero-order chi connectivity index (χ0) is 21.2. The molecule has 0 radical (unpaired) electrons. The highest BCUT2D eigenvalue weighted by Gasteiger charge is 2.17. The normalized spacial score (nSPS) is 12.1. The van der Waals surface area contributed by atoms with Gasteiger partial charge in [-0.25, -0.2) is 13.6 Å². The van der Waals surface area contributed by atoms with Gasteiger partial charge in [-0.15, -0.1) is 0 Å². The Labute approximate surface area is 168 Å². The molecule has 0 saturated heterocycles. The van der Waals surface area contributed by atoms with Crippen molar-refractivity contribution in [2.75, 3.05) is 13.2 Å². The van der Waals surface area contributed by atoms with Crippen LogP contribution in [0.25, 0.3) is 0 Å². The van der Waals surface area contributed by atoms with Gasteiger partial charge in [0.15, 0.2) is 6.10 Å². The van der Waals surface area contributed by atoms with Crippen LogP contribution in [0.2, 0.25) is 0 Å². The van der Waals surface area contributed by atoms with E-state index < -0.39 is 23.7 Å². The lowest BCUT2D eigenvalue weighted by Crippen LogP contribution is -2.26. The van der Waals surface area contributed by atoms with Crippen LogP contribution in [-0.4, -0.2) is 30.4 Å². The number of benzene rings is 2. The third-order valence-corrected chi connectivity index (χ3v) is 3.89. The van der Waals surface area contributed by atoms with Crippen molar-refractivity contribution in [2.45, 2.75) is 26.4 Å². The van der Waals surface area contributed by atoms with Crippen molar-refractivity contribution in [1.29, 1.82) is 0 Å². The molecule has 1 atom stereocenters. The van der Waals surface area contributed by atoms with E-state index in [-0.39, 0.29) is 18.6 Å². The molecule has 0 spiro atoms. The number of hydrogen-bond acceptors (Lipinski definition) is 3. The van der Waals surface area contributed by atoms with Gasteiger partial charge in [0, 0.05) is 24.7 Å². The molecule has 0 aliphatic carbocycles. The molecule has 1 N–H and O–H groups in total. The second kappa shape index (κ2) is 11.0. The third kappa shape index (κ3) is 7.76. The second-order valence-corrected chi connectivity index (χ2v) is 6.24. The molecule has 0 aliphatic rings. The maximum atomic E-state index is 13.1. The van der Waals surface area contributed by atoms with Crippen molar-refractivity contribution >= 4 is 5.97 Å². The summed E-state index contributed by atoms with van der Waals surface area (Å²) in [6.07, 6.45) is 1.16. The summed E-state index contributed by atoms with van der Waals surface area (Å²) in [6.45, 7) is 4.13. The average molecular weight is 400 g/mol. The topological polar surface area (TPSA) is 55.8 Å². The van der Waals surface area contributed by atoms with Gasteiger partial charge in [-0.05, 0) is 55.3 Å². The summed E-state index contributed by atoms with van der Waals surface area (Å²) < 4.78 is 37.1. The van der Waals surface area contributed by atoms with E-state index in [1.165, 1.54) is 12.1 Å². The Hall–Kier alpha value is -3.17. The first-order valence-corrected chi connectivity index (χ1v) is 9.08. The van der Waals surface area contributed by atoms with Crippen LogP contribution < -0.4 is 4.74 Å². The number of allylic oxidation sites excluding steroid dienone is 1. The van der Waals surface area contributed by atoms with Gasteiger partial charge in [-0.3, -0.25) is 0 Å². The van der Waals surface area contributed by atoms with Gasteiger partial charge >= 0.3 is 5.97 Å². The number of carboxylic acid groups (broad SMARTS) is 1. The quantitative estimate of drug-likeness (QED) is 0.669. The van der Waals surface area contributed by atoms with E-state index in [9.17, 15) is 13.6 Å². The Kier molecular flexibility index (Phi) is 8.38. The summed E-state index contributed by atoms with van der Waals surface area (Å²) in [4.78, 5) is 11.1. The molecule has 0 fully saturated rings. The molecule has 152 valence electrons. The number of carbonyl (C=O) groups is 1. The lowest BCUT2D eigenvalue weighted by atomic mass is 10.1. The minimum atomic E-state index is -0.991. The molecule has 0 bridgehead atoms. The molecule has 6 heteroatoms. The van der Waals surface area contributed by atoms with Crippen LogP contribution in [0.3, 0.4) is 0 Å². The van der Waals surface area contributed by atoms with Crippen LogP contribution in [0.1, 0.15) is 25.0 Å². The van der Waals surface area contributed by atoms with Crippen LogP contribution in [0.4, 0.5) is 8.78 Å². The van der Waals surface area contributed by atoms with E-state index >= 15 is 0 Å². The number of carboxylic acids is 1. The highest BCUT2D eigenvalue weighted by molar-refractivity contribution is 5.72. The molecule has 29 heavy (non-hydrogen) atoms. The Morgan fingerprint density at radius 1 is 1.17 bits per heavy atom. The van der Waals surface area contributed by atoms with Crippen molar-refractivity contribution in [1.82, 2.24) is 0 Å². The molecule has 0 saturated carbocycles. The van der Waals surface area contributed by atoms with Crippen molar-refractivity contribution in [2.24, 2.45) is 0 Å². The maximum absolute atomic E-state index is 13.1. The highest BCUT2D eigenvalue weighted by Crippen LogP contribution is 2.15. The standard InChI is InChI=1S/C23H22F2O4/c1-3-28-22(23(26)27)14-17-6-8-21(9-7-17)29-11-10-16(2)4-5-18-12-19(24)15-20(25)13-18/h6-10,12-13,15,22H,3,11,14H2,1-2H3,(H,26,27)/t22-/m0/s1. The Balaban J connectivity index is 1.89. The monoisotopic (exact) mass is 400 g/mol. The first-order chi connectivity index (χ1) is 13.9. The molecule has 0 aliphatic heterocycles. The number of hydrogen-bond donors (Lipinski definition) is 1. The molecule has 0 aromatic heterocycles. The largest absolute Gasteiger partial charge is 0.490 e. The zero-order valence-corrected chi connectivity index (χ0v) is 16.2. The Morgan fingerprint density at radius 3 is 2.41 bits per heavy atom. The number of rotatable bonds is 8. The summed E-state index contributed by atoms with van der Waals surface area (Å²) in [5.41, 5.74) is 1.80. The van der Waals surface area contributed by atoms with Crippen molar-refractivity contribution in [3.05, 3.63) is 76.9 Å². The molecule has 2 rings (SSSR count). The highest BCUT2D eigenvalue weighted by atomic mass is 19.1. The van der Waals surface area contributed by atoms with E-state index in [2.05, 4.69) is 11.8 Å². The molecule has 0 unspecified atom stereocenters. The fraction of sp³-hybridized carbons (Fsp3) is 0.261. The second-order valence-electron chi connectivity index (χ2n) is 6.24. The van der Waals surface area contributed by atoms with E-state index in [0.29, 0.717) is 17.9 Å². The number of ether oxygens (including phenoxy) is 2. The first kappa shape index (κ1) is 22.1. The molecule has 2 aromatic rings. The van der Waals surface area contributed by atoms with Gasteiger partial charge in [0.1, 0.15) is 24.0 Å². The smallest absolute Gasteiger partial charge is 0.333 e. The fourth-order valence-corrected chi connectivity index (χ4v) is 2.47. The van der Waals surface area contributed by atoms with E-state index in [0.717, 1.165) is 11.6 Å². The maximum Gasteiger partial charge on any atom is 0.333 e. The van der Waals surface area contributed by atoms with Gasteiger partial charge in [0.2, 0.25) is 0 Å². The van der Waals surface area contributed by atoms with Crippen LogP contribution in [0, 0.1) is 23.5 Å². The van der Waals surface area contributed by atoms with E-state index in [1.54, 1.807) is 44.2 Å². The van der Waals surface area contributed by atoms with Crippen LogP contribution in [0.15, 0.2) is 54.1 Å². The Bertz CT molecular complexity index is 904. The lowest BCUT2D eigenvalue weighted by molar-refractivity contribution is -0.149. The molecule has 2 aromatic carbocycles. The van der Waals surface area contributed by atoms with Crippen LogP contribution >= 0.6 is 0 Å². The minimum Gasteiger partial charge on any atom is -0.490 e. The summed E-state index contributed by atoms with van der Waals surface area (Å²) in [5, 5.41) is 9.13. The zero-order valence-electron chi connectivity index (χ0n) is 16.2. The van der Waals surface area contributed by atoms with Gasteiger partial charge in [0.25, 0.3) is 0 Å². The molecule has 4 nitrogen and oxygen atoms in total. The predicted molar refractivity (Wildman–Crippen MR) is 106 cm³/mol. The fourth-order valence-electron chi connectivity index (χ4n) is 2.47. The molecule has 0 amide bonds. The summed E-state index contributed by atoms with van der Waals surface area (Å²) in [6, 6.07) is 10.2. The van der Waals surface area contributed by atoms with Crippen LogP contribution in [-0.2, 0) is 16.0 Å². The molecular formula is C23H22F2O4.